The van der Waals surface area contributed by atoms with Crippen molar-refractivity contribution in [2.45, 2.75) is 64.1 Å². The zero-order valence-corrected chi connectivity index (χ0v) is 21.2. The van der Waals surface area contributed by atoms with E-state index < -0.39 is 0 Å². The second-order valence-electron chi connectivity index (χ2n) is 10.7. The summed E-state index contributed by atoms with van der Waals surface area (Å²) in [6.07, 6.45) is 7.43. The van der Waals surface area contributed by atoms with E-state index in [9.17, 15) is 9.90 Å². The first kappa shape index (κ1) is 24.7. The number of benzene rings is 1. The molecule has 0 unspecified atom stereocenters. The van der Waals surface area contributed by atoms with Crippen LogP contribution >= 0.6 is 0 Å². The van der Waals surface area contributed by atoms with Gasteiger partial charge >= 0.3 is 0 Å². The van der Waals surface area contributed by atoms with Crippen LogP contribution in [0.15, 0.2) is 48.9 Å². The summed E-state index contributed by atoms with van der Waals surface area (Å²) in [6, 6.07) is 9.78. The second kappa shape index (κ2) is 9.34. The lowest BCUT2D eigenvalue weighted by Crippen LogP contribution is -2.66. The third-order valence-corrected chi connectivity index (χ3v) is 7.10. The molecule has 3 aromatic rings. The Morgan fingerprint density at radius 1 is 1.14 bits per heavy atom. The van der Waals surface area contributed by atoms with E-state index in [1.54, 1.807) is 18.5 Å². The molecule has 1 aliphatic heterocycles. The number of piperidine rings is 1. The van der Waals surface area contributed by atoms with E-state index in [0.717, 1.165) is 29.7 Å². The number of rotatable bonds is 6. The number of nitrogens with one attached hydrogen (secondary N) is 1. The largest absolute Gasteiger partial charge is 0.507 e. The third kappa shape index (κ3) is 4.89. The number of hydrogen-bond acceptors (Lipinski definition) is 6. The molecular formula is C27H36N6O2. The molecule has 4 rings (SSSR count). The van der Waals surface area contributed by atoms with Crippen LogP contribution in [-0.4, -0.2) is 61.8 Å². The molecule has 0 radical (unpaired) electrons. The number of nitrogens with zero attached hydrogens (tertiary/aromatic N) is 4. The molecule has 1 aliphatic rings. The van der Waals surface area contributed by atoms with E-state index >= 15 is 0 Å². The number of aromatic hydroxyl groups is 1. The van der Waals surface area contributed by atoms with Crippen LogP contribution in [0.5, 0.6) is 5.75 Å². The number of aromatic amines is 1. The summed E-state index contributed by atoms with van der Waals surface area (Å²) in [5, 5.41) is 17.4. The van der Waals surface area contributed by atoms with E-state index in [-0.39, 0.29) is 28.8 Å². The monoisotopic (exact) mass is 476 g/mol. The molecule has 0 saturated carbocycles. The average Bonchev–Trinajstić information content (AvgIpc) is 3.32. The van der Waals surface area contributed by atoms with Gasteiger partial charge in [-0.3, -0.25) is 14.9 Å². The minimum Gasteiger partial charge on any atom is -0.507 e. The fraction of sp³-hybridized carbons (Fsp3) is 0.444. The van der Waals surface area contributed by atoms with Gasteiger partial charge in [-0.25, -0.2) is 0 Å². The lowest BCUT2D eigenvalue weighted by molar-refractivity contribution is -0.149. The Morgan fingerprint density at radius 2 is 1.86 bits per heavy atom. The lowest BCUT2D eigenvalue weighted by atomic mass is 9.76. The van der Waals surface area contributed by atoms with E-state index in [2.05, 4.69) is 54.8 Å². The van der Waals surface area contributed by atoms with Crippen LogP contribution in [0.2, 0.25) is 0 Å². The molecule has 1 aromatic carbocycles. The maximum atomic E-state index is 12.9. The standard InChI is InChI=1S/C27H36N6O2/c1-26(2)13-21(14-27(3,4)33(26)25(35)10-11-28)32(5)20-7-9-23(29-17-20)22-8-6-18(12-24(22)34)19-15-30-31-16-19/h6-9,12,15-17,21,34H,10-11,13-14,28H2,1-5H3,(H,30,31). The number of carbonyl (C=O) groups excluding carboxylic acids is 1. The molecule has 8 nitrogen and oxygen atoms in total. The first-order valence-corrected chi connectivity index (χ1v) is 12.1. The predicted octanol–water partition coefficient (Wildman–Crippen LogP) is 4.18. The Hall–Kier alpha value is -3.39. The van der Waals surface area contributed by atoms with Crippen molar-refractivity contribution < 1.29 is 9.90 Å². The molecule has 2 aromatic heterocycles. The van der Waals surface area contributed by atoms with Gasteiger partial charge in [0, 0.05) is 54.5 Å². The van der Waals surface area contributed by atoms with Crippen molar-refractivity contribution >= 4 is 11.6 Å². The molecule has 0 atom stereocenters. The van der Waals surface area contributed by atoms with E-state index in [4.69, 9.17) is 5.73 Å². The Balaban J connectivity index is 1.52. The summed E-state index contributed by atoms with van der Waals surface area (Å²) in [6.45, 7) is 8.92. The summed E-state index contributed by atoms with van der Waals surface area (Å²) < 4.78 is 0. The number of likely N-dealkylation sites (tertiary alicyclic amines) is 1. The van der Waals surface area contributed by atoms with Gasteiger partial charge in [0.1, 0.15) is 5.75 Å². The summed E-state index contributed by atoms with van der Waals surface area (Å²) in [7, 11) is 2.09. The summed E-state index contributed by atoms with van der Waals surface area (Å²) in [4.78, 5) is 21.8. The fourth-order valence-corrected chi connectivity index (χ4v) is 5.71. The lowest BCUT2D eigenvalue weighted by Gasteiger charge is -2.57. The Kier molecular flexibility index (Phi) is 6.60. The molecule has 4 N–H and O–H groups in total. The third-order valence-electron chi connectivity index (χ3n) is 7.10. The van der Waals surface area contributed by atoms with E-state index in [1.165, 1.54) is 0 Å². The number of nitrogens with two attached hydrogens (primary N) is 1. The van der Waals surface area contributed by atoms with Gasteiger partial charge in [-0.2, -0.15) is 5.10 Å². The molecule has 1 saturated heterocycles. The van der Waals surface area contributed by atoms with Crippen molar-refractivity contribution in [3.63, 3.8) is 0 Å². The number of phenolic OH excluding ortho intramolecular Hbond substituents is 1. The fourth-order valence-electron chi connectivity index (χ4n) is 5.71. The summed E-state index contributed by atoms with van der Waals surface area (Å²) >= 11 is 0. The minimum absolute atomic E-state index is 0.119. The second-order valence-corrected chi connectivity index (χ2v) is 10.7. The van der Waals surface area contributed by atoms with Gasteiger partial charge in [0.2, 0.25) is 5.91 Å². The molecule has 3 heterocycles. The number of amides is 1. The molecular weight excluding hydrogens is 440 g/mol. The van der Waals surface area contributed by atoms with Gasteiger partial charge in [-0.1, -0.05) is 6.07 Å². The Labute approximate surface area is 207 Å². The normalized spacial score (nSPS) is 17.4. The van der Waals surface area contributed by atoms with Gasteiger partial charge in [-0.15, -0.1) is 0 Å². The van der Waals surface area contributed by atoms with Crippen LogP contribution in [0.3, 0.4) is 0 Å². The van der Waals surface area contributed by atoms with Gasteiger partial charge in [0.25, 0.3) is 0 Å². The van der Waals surface area contributed by atoms with Gasteiger partial charge in [-0.05, 0) is 70.4 Å². The molecule has 8 heteroatoms. The Morgan fingerprint density at radius 3 is 2.40 bits per heavy atom. The number of phenols is 1. The van der Waals surface area contributed by atoms with Crippen LogP contribution < -0.4 is 10.6 Å². The van der Waals surface area contributed by atoms with Crippen molar-refractivity contribution in [2.75, 3.05) is 18.5 Å². The molecule has 186 valence electrons. The van der Waals surface area contributed by atoms with Crippen molar-refractivity contribution in [3.05, 3.63) is 48.9 Å². The highest BCUT2D eigenvalue weighted by Crippen LogP contribution is 2.41. The SMILES string of the molecule is CN(c1ccc(-c2ccc(-c3cn[nH]c3)cc2O)nc1)C1CC(C)(C)N(C(=O)CCN)C(C)(C)C1. The smallest absolute Gasteiger partial charge is 0.224 e. The van der Waals surface area contributed by atoms with Crippen LogP contribution in [0.4, 0.5) is 5.69 Å². The van der Waals surface area contributed by atoms with Crippen LogP contribution in [0, 0.1) is 0 Å². The molecule has 0 spiro atoms. The number of carbonyl (C=O) groups is 1. The molecule has 0 bridgehead atoms. The summed E-state index contributed by atoms with van der Waals surface area (Å²) in [5.41, 5.74) is 9.29. The molecule has 35 heavy (non-hydrogen) atoms. The number of pyridine rings is 1. The first-order valence-electron chi connectivity index (χ1n) is 12.1. The maximum absolute atomic E-state index is 12.9. The average molecular weight is 477 g/mol. The van der Waals surface area contributed by atoms with Crippen molar-refractivity contribution in [1.29, 1.82) is 0 Å². The van der Waals surface area contributed by atoms with E-state index in [1.807, 2.05) is 35.4 Å². The highest BCUT2D eigenvalue weighted by Gasteiger charge is 2.48. The minimum atomic E-state index is -0.289. The van der Waals surface area contributed by atoms with Crippen molar-refractivity contribution in [1.82, 2.24) is 20.1 Å². The maximum Gasteiger partial charge on any atom is 0.224 e. The first-order chi connectivity index (χ1) is 16.5. The van der Waals surface area contributed by atoms with Crippen LogP contribution in [0.25, 0.3) is 22.4 Å². The van der Waals surface area contributed by atoms with Crippen molar-refractivity contribution in [2.24, 2.45) is 5.73 Å². The number of hydrogen-bond donors (Lipinski definition) is 3. The number of anilines is 1. The number of aromatic nitrogens is 3. The van der Waals surface area contributed by atoms with Gasteiger partial charge in [0.05, 0.1) is 23.8 Å². The predicted molar refractivity (Wildman–Crippen MR) is 139 cm³/mol. The zero-order chi connectivity index (χ0) is 25.4. The quantitative estimate of drug-likeness (QED) is 0.492. The molecule has 1 fully saturated rings. The summed E-state index contributed by atoms with van der Waals surface area (Å²) in [5.74, 6) is 0.295. The topological polar surface area (TPSA) is 111 Å². The molecule has 1 amide bonds. The van der Waals surface area contributed by atoms with Crippen LogP contribution in [-0.2, 0) is 4.79 Å². The zero-order valence-electron chi connectivity index (χ0n) is 21.2. The van der Waals surface area contributed by atoms with Crippen LogP contribution in [0.1, 0.15) is 47.0 Å². The number of H-pyrrole nitrogens is 1. The Bertz CT molecular complexity index is 1150. The highest BCUT2D eigenvalue weighted by molar-refractivity contribution is 5.78. The van der Waals surface area contributed by atoms with Gasteiger partial charge in [0.15, 0.2) is 0 Å². The van der Waals surface area contributed by atoms with Gasteiger partial charge < -0.3 is 20.6 Å². The molecule has 0 aliphatic carbocycles. The van der Waals surface area contributed by atoms with Crippen molar-refractivity contribution in [3.8, 4) is 28.1 Å². The van der Waals surface area contributed by atoms with E-state index in [0.29, 0.717) is 24.2 Å². The highest BCUT2D eigenvalue weighted by atomic mass is 16.3.